The number of halogens is 2. The minimum absolute atomic E-state index is 0. The quantitative estimate of drug-likeness (QED) is 0.765. The number of carbonyl (C=O) groups is 1. The van der Waals surface area contributed by atoms with E-state index in [1.807, 2.05) is 37.3 Å². The molecule has 25 heavy (non-hydrogen) atoms. The summed E-state index contributed by atoms with van der Waals surface area (Å²) >= 11 is 0. The molecule has 0 bridgehead atoms. The summed E-state index contributed by atoms with van der Waals surface area (Å²) < 4.78 is 5.81. The smallest absolute Gasteiger partial charge is 0.220 e. The average Bonchev–Trinajstić information content (AvgIpc) is 3.35. The monoisotopic (exact) mass is 385 g/mol. The van der Waals surface area contributed by atoms with Crippen LogP contribution in [-0.2, 0) is 11.2 Å². The van der Waals surface area contributed by atoms with Gasteiger partial charge in [-0.1, -0.05) is 30.3 Å². The topological polar surface area (TPSA) is 81.2 Å². The van der Waals surface area contributed by atoms with Crippen LogP contribution in [0.25, 0.3) is 11.3 Å². The number of hydrogen-bond donors (Lipinski definition) is 2. The van der Waals surface area contributed by atoms with Crippen LogP contribution >= 0.6 is 24.8 Å². The average molecular weight is 386 g/mol. The number of oxazole rings is 1. The van der Waals surface area contributed by atoms with Crippen LogP contribution in [0.5, 0.6) is 0 Å². The lowest BCUT2D eigenvalue weighted by atomic mass is 10.1. The summed E-state index contributed by atoms with van der Waals surface area (Å²) in [5.41, 5.74) is 7.83. The molecule has 1 fully saturated rings. The maximum absolute atomic E-state index is 11.9. The van der Waals surface area contributed by atoms with E-state index in [1.54, 1.807) is 0 Å². The summed E-state index contributed by atoms with van der Waals surface area (Å²) in [4.78, 5) is 16.3. The molecular formula is C18H25Cl2N3O2. The van der Waals surface area contributed by atoms with Gasteiger partial charge in [0.25, 0.3) is 0 Å². The Morgan fingerprint density at radius 2 is 2.00 bits per heavy atom. The number of benzene rings is 1. The Labute approximate surface area is 160 Å². The Hall–Kier alpha value is -1.56. The van der Waals surface area contributed by atoms with Crippen molar-refractivity contribution in [2.45, 2.75) is 38.6 Å². The summed E-state index contributed by atoms with van der Waals surface area (Å²) in [5.74, 6) is 1.97. The lowest BCUT2D eigenvalue weighted by molar-refractivity contribution is -0.121. The number of aryl methyl sites for hydroxylation is 2. The molecule has 2 aromatic rings. The Bertz CT molecular complexity index is 672. The molecule has 1 saturated carbocycles. The van der Waals surface area contributed by atoms with E-state index in [2.05, 4.69) is 10.3 Å². The molecule has 0 radical (unpaired) electrons. The van der Waals surface area contributed by atoms with Crippen molar-refractivity contribution in [2.24, 2.45) is 11.7 Å². The molecule has 1 aromatic carbocycles. The molecule has 1 aliphatic carbocycles. The van der Waals surface area contributed by atoms with E-state index in [4.69, 9.17) is 10.2 Å². The van der Waals surface area contributed by atoms with Gasteiger partial charge in [0, 0.05) is 31.0 Å². The number of rotatable bonds is 7. The van der Waals surface area contributed by atoms with Gasteiger partial charge in [0.15, 0.2) is 11.7 Å². The third-order valence-corrected chi connectivity index (χ3v) is 4.21. The Balaban J connectivity index is 0.00000156. The normalized spacial score (nSPS) is 14.2. The molecule has 1 amide bonds. The van der Waals surface area contributed by atoms with Crippen molar-refractivity contribution >= 4 is 30.7 Å². The van der Waals surface area contributed by atoms with E-state index in [-0.39, 0.29) is 36.8 Å². The molecule has 1 aliphatic rings. The second-order valence-corrected chi connectivity index (χ2v) is 6.19. The van der Waals surface area contributed by atoms with Gasteiger partial charge in [-0.2, -0.15) is 0 Å². The minimum atomic E-state index is -0.00165. The lowest BCUT2D eigenvalue weighted by Gasteiger charge is -2.10. The fraction of sp³-hybridized carbons (Fsp3) is 0.444. The zero-order chi connectivity index (χ0) is 16.2. The van der Waals surface area contributed by atoms with E-state index in [9.17, 15) is 4.79 Å². The molecule has 1 unspecified atom stereocenters. The first-order valence-corrected chi connectivity index (χ1v) is 8.17. The van der Waals surface area contributed by atoms with Crippen LogP contribution in [0.3, 0.4) is 0 Å². The fourth-order valence-corrected chi connectivity index (χ4v) is 2.65. The van der Waals surface area contributed by atoms with Crippen molar-refractivity contribution in [2.75, 3.05) is 6.54 Å². The van der Waals surface area contributed by atoms with Crippen LogP contribution in [0.2, 0.25) is 0 Å². The molecule has 3 rings (SSSR count). The van der Waals surface area contributed by atoms with Crippen LogP contribution < -0.4 is 11.1 Å². The van der Waals surface area contributed by atoms with E-state index >= 15 is 0 Å². The van der Waals surface area contributed by atoms with Gasteiger partial charge in [0.1, 0.15) is 0 Å². The van der Waals surface area contributed by atoms with Gasteiger partial charge < -0.3 is 15.5 Å². The molecule has 0 aliphatic heterocycles. The van der Waals surface area contributed by atoms with Gasteiger partial charge in [-0.05, 0) is 25.7 Å². The highest BCUT2D eigenvalue weighted by atomic mass is 35.5. The predicted molar refractivity (Wildman–Crippen MR) is 103 cm³/mol. The minimum Gasteiger partial charge on any atom is -0.440 e. The van der Waals surface area contributed by atoms with E-state index in [0.717, 1.165) is 17.0 Å². The summed E-state index contributed by atoms with van der Waals surface area (Å²) in [5, 5.41) is 2.89. The SMILES string of the molecule is Cc1nc(CCC(=O)NCC(N)C2CC2)oc1-c1ccccc1.Cl.Cl. The zero-order valence-corrected chi connectivity index (χ0v) is 15.9. The fourth-order valence-electron chi connectivity index (χ4n) is 2.65. The second-order valence-electron chi connectivity index (χ2n) is 6.19. The van der Waals surface area contributed by atoms with Crippen molar-refractivity contribution in [3.63, 3.8) is 0 Å². The van der Waals surface area contributed by atoms with E-state index in [1.165, 1.54) is 12.8 Å². The number of nitrogens with zero attached hydrogens (tertiary/aromatic N) is 1. The zero-order valence-electron chi connectivity index (χ0n) is 14.2. The standard InChI is InChI=1S/C18H23N3O2.2ClH/c1-12-18(14-5-3-2-4-6-14)23-17(21-12)10-9-16(22)20-11-15(19)13-7-8-13;;/h2-6,13,15H,7-11,19H2,1H3,(H,20,22);2*1H. The molecule has 0 saturated heterocycles. The first-order chi connectivity index (χ1) is 11.1. The van der Waals surface area contributed by atoms with Crippen molar-refractivity contribution < 1.29 is 9.21 Å². The maximum Gasteiger partial charge on any atom is 0.220 e. The van der Waals surface area contributed by atoms with Crippen LogP contribution in [0.15, 0.2) is 34.7 Å². The third-order valence-electron chi connectivity index (χ3n) is 4.21. The highest BCUT2D eigenvalue weighted by Gasteiger charge is 2.28. The number of hydrogen-bond acceptors (Lipinski definition) is 4. The third kappa shape index (κ3) is 6.03. The van der Waals surface area contributed by atoms with Crippen LogP contribution in [0, 0.1) is 12.8 Å². The van der Waals surface area contributed by atoms with Gasteiger partial charge in [0.05, 0.1) is 5.69 Å². The maximum atomic E-state index is 11.9. The number of nitrogens with two attached hydrogens (primary N) is 1. The van der Waals surface area contributed by atoms with Gasteiger partial charge in [0.2, 0.25) is 5.91 Å². The molecule has 138 valence electrons. The second kappa shape index (κ2) is 9.80. The molecule has 7 heteroatoms. The van der Waals surface area contributed by atoms with Crippen molar-refractivity contribution in [3.8, 4) is 11.3 Å². The molecule has 0 spiro atoms. The van der Waals surface area contributed by atoms with Crippen LogP contribution in [0.1, 0.15) is 30.8 Å². The van der Waals surface area contributed by atoms with Gasteiger partial charge in [-0.25, -0.2) is 4.98 Å². The molecule has 1 heterocycles. The Kier molecular flexibility index (Phi) is 8.42. The Morgan fingerprint density at radius 1 is 1.32 bits per heavy atom. The summed E-state index contributed by atoms with van der Waals surface area (Å²) in [6.45, 7) is 2.48. The van der Waals surface area contributed by atoms with Gasteiger partial charge in [-0.15, -0.1) is 24.8 Å². The van der Waals surface area contributed by atoms with Crippen molar-refractivity contribution in [1.82, 2.24) is 10.3 Å². The highest BCUT2D eigenvalue weighted by molar-refractivity contribution is 5.85. The number of amides is 1. The number of carbonyl (C=O) groups excluding carboxylic acids is 1. The molecular weight excluding hydrogens is 361 g/mol. The van der Waals surface area contributed by atoms with Gasteiger partial charge >= 0.3 is 0 Å². The number of nitrogens with one attached hydrogen (secondary N) is 1. The first kappa shape index (κ1) is 21.5. The summed E-state index contributed by atoms with van der Waals surface area (Å²) in [6.07, 6.45) is 3.24. The molecule has 5 nitrogen and oxygen atoms in total. The summed E-state index contributed by atoms with van der Waals surface area (Å²) in [6, 6.07) is 9.97. The molecule has 1 atom stereocenters. The van der Waals surface area contributed by atoms with E-state index < -0.39 is 0 Å². The molecule has 3 N–H and O–H groups in total. The van der Waals surface area contributed by atoms with Gasteiger partial charge in [-0.3, -0.25) is 4.79 Å². The molecule has 1 aromatic heterocycles. The largest absolute Gasteiger partial charge is 0.440 e. The Morgan fingerprint density at radius 3 is 2.64 bits per heavy atom. The van der Waals surface area contributed by atoms with Crippen molar-refractivity contribution in [3.05, 3.63) is 41.9 Å². The summed E-state index contributed by atoms with van der Waals surface area (Å²) in [7, 11) is 0. The van der Waals surface area contributed by atoms with E-state index in [0.29, 0.717) is 31.2 Å². The van der Waals surface area contributed by atoms with Crippen LogP contribution in [0.4, 0.5) is 0 Å². The van der Waals surface area contributed by atoms with Crippen LogP contribution in [-0.4, -0.2) is 23.5 Å². The lowest BCUT2D eigenvalue weighted by Crippen LogP contribution is -2.38. The number of aromatic nitrogens is 1. The first-order valence-electron chi connectivity index (χ1n) is 8.17. The predicted octanol–water partition coefficient (Wildman–Crippen LogP) is 3.28. The highest BCUT2D eigenvalue weighted by Crippen LogP contribution is 2.31. The van der Waals surface area contributed by atoms with Crippen molar-refractivity contribution in [1.29, 1.82) is 0 Å².